The zero-order valence-corrected chi connectivity index (χ0v) is 14.2. The van der Waals surface area contributed by atoms with Crippen molar-refractivity contribution in [2.75, 3.05) is 33.3 Å². The molecule has 1 aliphatic heterocycles. The minimum atomic E-state index is 0.368. The van der Waals surface area contributed by atoms with E-state index in [0.717, 1.165) is 31.9 Å². The molecule has 4 heteroatoms. The zero-order valence-electron chi connectivity index (χ0n) is 14.2. The summed E-state index contributed by atoms with van der Waals surface area (Å²) in [5.41, 5.74) is 1.22. The van der Waals surface area contributed by atoms with Gasteiger partial charge in [-0.1, -0.05) is 18.2 Å². The van der Waals surface area contributed by atoms with Gasteiger partial charge in [0, 0.05) is 25.2 Å². The van der Waals surface area contributed by atoms with Crippen LogP contribution in [0.4, 0.5) is 0 Å². The minimum absolute atomic E-state index is 0.368. The number of hydrogen-bond acceptors (Lipinski definition) is 4. The molecule has 2 unspecified atom stereocenters. The third kappa shape index (κ3) is 5.59. The van der Waals surface area contributed by atoms with Crippen molar-refractivity contribution in [1.29, 1.82) is 0 Å². The van der Waals surface area contributed by atoms with E-state index in [1.54, 1.807) is 7.11 Å². The fourth-order valence-corrected chi connectivity index (χ4v) is 3.12. The lowest BCUT2D eigenvalue weighted by molar-refractivity contribution is -0.0681. The van der Waals surface area contributed by atoms with Crippen LogP contribution in [0.5, 0.6) is 5.75 Å². The summed E-state index contributed by atoms with van der Waals surface area (Å²) in [4.78, 5) is 2.53. The van der Waals surface area contributed by atoms with Gasteiger partial charge in [-0.15, -0.1) is 0 Å². The monoisotopic (exact) mass is 306 g/mol. The Morgan fingerprint density at radius 3 is 2.64 bits per heavy atom. The van der Waals surface area contributed by atoms with Crippen molar-refractivity contribution in [3.8, 4) is 5.75 Å². The summed E-state index contributed by atoms with van der Waals surface area (Å²) in [6.45, 7) is 9.56. The predicted octanol–water partition coefficient (Wildman–Crippen LogP) is 2.67. The van der Waals surface area contributed by atoms with E-state index in [1.165, 1.54) is 24.9 Å². The van der Waals surface area contributed by atoms with Gasteiger partial charge in [-0.25, -0.2) is 0 Å². The van der Waals surface area contributed by atoms with Crippen LogP contribution in [0.1, 0.15) is 32.3 Å². The smallest absolute Gasteiger partial charge is 0.123 e. The first-order valence-corrected chi connectivity index (χ1v) is 8.39. The minimum Gasteiger partial charge on any atom is -0.496 e. The number of hydrogen-bond donors (Lipinski definition) is 1. The van der Waals surface area contributed by atoms with Gasteiger partial charge in [0.1, 0.15) is 5.75 Å². The molecule has 4 nitrogen and oxygen atoms in total. The Balaban J connectivity index is 1.58. The van der Waals surface area contributed by atoms with Crippen LogP contribution >= 0.6 is 0 Å². The predicted molar refractivity (Wildman–Crippen MR) is 90.4 cm³/mol. The van der Waals surface area contributed by atoms with Gasteiger partial charge in [0.05, 0.1) is 19.3 Å². The molecule has 1 saturated heterocycles. The molecule has 2 rings (SSSR count). The highest BCUT2D eigenvalue weighted by Crippen LogP contribution is 2.16. The third-order valence-electron chi connectivity index (χ3n) is 4.08. The quantitative estimate of drug-likeness (QED) is 0.749. The Hall–Kier alpha value is -1.10. The highest BCUT2D eigenvalue weighted by molar-refractivity contribution is 5.32. The first kappa shape index (κ1) is 17.3. The van der Waals surface area contributed by atoms with E-state index in [-0.39, 0.29) is 0 Å². The van der Waals surface area contributed by atoms with Crippen LogP contribution in [0.2, 0.25) is 0 Å². The van der Waals surface area contributed by atoms with Crippen molar-refractivity contribution in [2.24, 2.45) is 0 Å². The molecule has 0 amide bonds. The first-order chi connectivity index (χ1) is 10.7. The molecule has 1 aromatic carbocycles. The van der Waals surface area contributed by atoms with Crippen LogP contribution in [0.3, 0.4) is 0 Å². The normalized spacial score (nSPS) is 22.7. The Kier molecular flexibility index (Phi) is 7.16. The van der Waals surface area contributed by atoms with Gasteiger partial charge >= 0.3 is 0 Å². The number of rotatable bonds is 8. The summed E-state index contributed by atoms with van der Waals surface area (Å²) in [6, 6.07) is 8.19. The Labute approximate surface area is 134 Å². The van der Waals surface area contributed by atoms with E-state index in [2.05, 4.69) is 36.2 Å². The summed E-state index contributed by atoms with van der Waals surface area (Å²) in [6.07, 6.45) is 3.17. The molecule has 0 bridgehead atoms. The van der Waals surface area contributed by atoms with E-state index in [9.17, 15) is 0 Å². The number of nitrogens with one attached hydrogen (secondary N) is 1. The first-order valence-electron chi connectivity index (χ1n) is 8.39. The second kappa shape index (κ2) is 9.13. The molecule has 0 aromatic heterocycles. The summed E-state index contributed by atoms with van der Waals surface area (Å²) in [7, 11) is 1.73. The Morgan fingerprint density at radius 2 is 1.91 bits per heavy atom. The van der Waals surface area contributed by atoms with Gasteiger partial charge in [0.15, 0.2) is 0 Å². The van der Waals surface area contributed by atoms with Gasteiger partial charge in [0.25, 0.3) is 0 Å². The molecule has 0 aliphatic carbocycles. The van der Waals surface area contributed by atoms with E-state index in [0.29, 0.717) is 12.2 Å². The molecule has 22 heavy (non-hydrogen) atoms. The van der Waals surface area contributed by atoms with E-state index >= 15 is 0 Å². The molecule has 1 aliphatic rings. The maximum Gasteiger partial charge on any atom is 0.123 e. The summed E-state index contributed by atoms with van der Waals surface area (Å²) in [5, 5.41) is 3.51. The van der Waals surface area contributed by atoms with Crippen molar-refractivity contribution >= 4 is 0 Å². The van der Waals surface area contributed by atoms with Crippen LogP contribution in [-0.2, 0) is 11.3 Å². The summed E-state index contributed by atoms with van der Waals surface area (Å²) in [5.74, 6) is 0.964. The maximum absolute atomic E-state index is 5.77. The topological polar surface area (TPSA) is 33.7 Å². The number of methoxy groups -OCH3 is 1. The highest BCUT2D eigenvalue weighted by Gasteiger charge is 2.21. The number of ether oxygens (including phenoxy) is 2. The summed E-state index contributed by atoms with van der Waals surface area (Å²) >= 11 is 0. The molecule has 1 N–H and O–H groups in total. The van der Waals surface area contributed by atoms with E-state index in [4.69, 9.17) is 9.47 Å². The molecule has 0 radical (unpaired) electrons. The van der Waals surface area contributed by atoms with Gasteiger partial charge in [-0.05, 0) is 45.8 Å². The lowest BCUT2D eigenvalue weighted by Crippen LogP contribution is -2.45. The lowest BCUT2D eigenvalue weighted by Gasteiger charge is -2.35. The van der Waals surface area contributed by atoms with Crippen LogP contribution < -0.4 is 10.1 Å². The Bertz CT molecular complexity index is 429. The molecule has 1 fully saturated rings. The molecule has 1 aromatic rings. The van der Waals surface area contributed by atoms with Gasteiger partial charge in [-0.3, -0.25) is 4.90 Å². The second-order valence-electron chi connectivity index (χ2n) is 6.21. The maximum atomic E-state index is 5.77. The molecule has 2 atom stereocenters. The van der Waals surface area contributed by atoms with E-state index in [1.807, 2.05) is 12.1 Å². The van der Waals surface area contributed by atoms with Gasteiger partial charge in [0.2, 0.25) is 0 Å². The Morgan fingerprint density at radius 1 is 1.18 bits per heavy atom. The standard InChI is InChI=1S/C18H30N2O2/c1-15-13-20(14-16(2)22-15)11-7-6-10-19-12-17-8-4-5-9-18(17)21-3/h4-5,8-9,15-16,19H,6-7,10-14H2,1-3H3. The summed E-state index contributed by atoms with van der Waals surface area (Å²) < 4.78 is 11.1. The fourth-order valence-electron chi connectivity index (χ4n) is 3.12. The van der Waals surface area contributed by atoms with Crippen molar-refractivity contribution in [3.63, 3.8) is 0 Å². The zero-order chi connectivity index (χ0) is 15.8. The lowest BCUT2D eigenvalue weighted by atomic mass is 10.2. The number of benzene rings is 1. The van der Waals surface area contributed by atoms with Crippen molar-refractivity contribution in [1.82, 2.24) is 10.2 Å². The average molecular weight is 306 g/mol. The van der Waals surface area contributed by atoms with Crippen molar-refractivity contribution in [3.05, 3.63) is 29.8 Å². The fraction of sp³-hybridized carbons (Fsp3) is 0.667. The van der Waals surface area contributed by atoms with Crippen LogP contribution in [0.25, 0.3) is 0 Å². The number of unbranched alkanes of at least 4 members (excludes halogenated alkanes) is 1. The van der Waals surface area contributed by atoms with Crippen LogP contribution in [-0.4, -0.2) is 50.4 Å². The molecular weight excluding hydrogens is 276 g/mol. The average Bonchev–Trinajstić information content (AvgIpc) is 2.50. The largest absolute Gasteiger partial charge is 0.496 e. The highest BCUT2D eigenvalue weighted by atomic mass is 16.5. The van der Waals surface area contributed by atoms with Crippen LogP contribution in [0, 0.1) is 0 Å². The molecule has 0 spiro atoms. The number of para-hydroxylation sites is 1. The molecular formula is C18H30N2O2. The van der Waals surface area contributed by atoms with Gasteiger partial charge in [-0.2, -0.15) is 0 Å². The van der Waals surface area contributed by atoms with E-state index < -0.39 is 0 Å². The van der Waals surface area contributed by atoms with Crippen molar-refractivity contribution < 1.29 is 9.47 Å². The third-order valence-corrected chi connectivity index (χ3v) is 4.08. The molecule has 0 saturated carbocycles. The molecule has 1 heterocycles. The van der Waals surface area contributed by atoms with Crippen LogP contribution in [0.15, 0.2) is 24.3 Å². The SMILES string of the molecule is COc1ccccc1CNCCCCN1CC(C)OC(C)C1. The number of morpholine rings is 1. The number of nitrogens with zero attached hydrogens (tertiary/aromatic N) is 1. The van der Waals surface area contributed by atoms with Crippen molar-refractivity contribution in [2.45, 2.75) is 45.4 Å². The van der Waals surface area contributed by atoms with Gasteiger partial charge < -0.3 is 14.8 Å². The molecule has 124 valence electrons. The second-order valence-corrected chi connectivity index (χ2v) is 6.21.